The molecule has 0 heterocycles. The van der Waals surface area contributed by atoms with Gasteiger partial charge in [0.1, 0.15) is 11.6 Å². The van der Waals surface area contributed by atoms with Gasteiger partial charge in [0.05, 0.1) is 11.1 Å². The van der Waals surface area contributed by atoms with Crippen LogP contribution in [-0.4, -0.2) is 19.7 Å². The summed E-state index contributed by atoms with van der Waals surface area (Å²) in [7, 11) is 0. The molecule has 1 N–H and O–H groups in total. The molecular formula is C15H23BrFNO. The number of hydrogen-bond acceptors (Lipinski definition) is 2. The summed E-state index contributed by atoms with van der Waals surface area (Å²) in [6.07, 6.45) is 5.80. The maximum Gasteiger partial charge on any atom is 0.141 e. The molecule has 2 nitrogen and oxygen atoms in total. The molecule has 0 atom stereocenters. The van der Waals surface area contributed by atoms with Crippen LogP contribution in [0.2, 0.25) is 0 Å². The molecule has 0 aliphatic carbocycles. The van der Waals surface area contributed by atoms with Crippen molar-refractivity contribution in [2.75, 3.05) is 19.7 Å². The molecule has 0 radical (unpaired) electrons. The highest BCUT2D eigenvalue weighted by molar-refractivity contribution is 9.10. The molecule has 0 aliphatic heterocycles. The molecule has 4 heteroatoms. The number of benzene rings is 1. The van der Waals surface area contributed by atoms with E-state index in [1.54, 1.807) is 12.1 Å². The Kier molecular flexibility index (Phi) is 8.84. The topological polar surface area (TPSA) is 21.3 Å². The van der Waals surface area contributed by atoms with Gasteiger partial charge in [-0.15, -0.1) is 0 Å². The predicted octanol–water partition coefficient (Wildman–Crippen LogP) is 4.53. The minimum Gasteiger partial charge on any atom is -0.493 e. The van der Waals surface area contributed by atoms with Crippen molar-refractivity contribution >= 4 is 15.9 Å². The van der Waals surface area contributed by atoms with E-state index in [0.717, 1.165) is 25.9 Å². The maximum atomic E-state index is 13.2. The van der Waals surface area contributed by atoms with Crippen LogP contribution in [0.25, 0.3) is 0 Å². The van der Waals surface area contributed by atoms with Gasteiger partial charge >= 0.3 is 0 Å². The fraction of sp³-hybridized carbons (Fsp3) is 0.600. The van der Waals surface area contributed by atoms with Crippen LogP contribution < -0.4 is 10.1 Å². The van der Waals surface area contributed by atoms with Crippen LogP contribution in [0.15, 0.2) is 22.7 Å². The standard InChI is InChI=1S/C15H23BrFNO/c1-2-9-18-10-5-3-4-6-11-19-13-7-8-14(16)15(17)12-13/h7-8,12,18H,2-6,9-11H2,1H3. The molecule has 0 unspecified atom stereocenters. The summed E-state index contributed by atoms with van der Waals surface area (Å²) in [6.45, 7) is 5.05. The first-order valence-electron chi connectivity index (χ1n) is 7.02. The van der Waals surface area contributed by atoms with E-state index in [4.69, 9.17) is 4.74 Å². The largest absolute Gasteiger partial charge is 0.493 e. The van der Waals surface area contributed by atoms with Gasteiger partial charge in [0.25, 0.3) is 0 Å². The Morgan fingerprint density at radius 1 is 1.16 bits per heavy atom. The van der Waals surface area contributed by atoms with Gasteiger partial charge in [0, 0.05) is 6.07 Å². The van der Waals surface area contributed by atoms with Gasteiger partial charge < -0.3 is 10.1 Å². The molecule has 0 aromatic heterocycles. The van der Waals surface area contributed by atoms with Crippen LogP contribution in [0.5, 0.6) is 5.75 Å². The van der Waals surface area contributed by atoms with Crippen LogP contribution in [0.1, 0.15) is 39.0 Å². The number of nitrogens with one attached hydrogen (secondary N) is 1. The second-order valence-electron chi connectivity index (χ2n) is 4.59. The lowest BCUT2D eigenvalue weighted by Gasteiger charge is -2.07. The highest BCUT2D eigenvalue weighted by Crippen LogP contribution is 2.21. The zero-order valence-electron chi connectivity index (χ0n) is 11.6. The Balaban J connectivity index is 2.00. The molecule has 1 aromatic rings. The molecule has 0 fully saturated rings. The average Bonchev–Trinajstić information content (AvgIpc) is 2.41. The molecule has 0 aliphatic rings. The average molecular weight is 332 g/mol. The van der Waals surface area contributed by atoms with Crippen molar-refractivity contribution in [3.63, 3.8) is 0 Å². The van der Waals surface area contributed by atoms with E-state index < -0.39 is 0 Å². The van der Waals surface area contributed by atoms with Gasteiger partial charge in [-0.05, 0) is 60.4 Å². The minimum absolute atomic E-state index is 0.278. The lowest BCUT2D eigenvalue weighted by Crippen LogP contribution is -2.15. The van der Waals surface area contributed by atoms with Gasteiger partial charge in [0.2, 0.25) is 0 Å². The van der Waals surface area contributed by atoms with E-state index in [-0.39, 0.29) is 5.82 Å². The van der Waals surface area contributed by atoms with E-state index in [1.807, 2.05) is 0 Å². The number of unbranched alkanes of at least 4 members (excludes halogenated alkanes) is 3. The van der Waals surface area contributed by atoms with Crippen LogP contribution in [0.4, 0.5) is 4.39 Å². The number of halogens is 2. The van der Waals surface area contributed by atoms with E-state index in [2.05, 4.69) is 28.2 Å². The first kappa shape index (κ1) is 16.4. The van der Waals surface area contributed by atoms with Crippen molar-refractivity contribution in [1.29, 1.82) is 0 Å². The van der Waals surface area contributed by atoms with E-state index >= 15 is 0 Å². The molecular weight excluding hydrogens is 309 g/mol. The Labute approximate surface area is 123 Å². The van der Waals surface area contributed by atoms with Crippen molar-refractivity contribution in [3.8, 4) is 5.75 Å². The third-order valence-electron chi connectivity index (χ3n) is 2.83. The normalized spacial score (nSPS) is 10.7. The molecule has 1 aromatic carbocycles. The molecule has 19 heavy (non-hydrogen) atoms. The quantitative estimate of drug-likeness (QED) is 0.636. The van der Waals surface area contributed by atoms with Crippen molar-refractivity contribution in [1.82, 2.24) is 5.32 Å². The summed E-state index contributed by atoms with van der Waals surface area (Å²) in [4.78, 5) is 0. The molecule has 0 bridgehead atoms. The smallest absolute Gasteiger partial charge is 0.141 e. The molecule has 1 rings (SSSR count). The number of ether oxygens (including phenoxy) is 1. The third kappa shape index (κ3) is 7.53. The SMILES string of the molecule is CCCNCCCCCCOc1ccc(Br)c(F)c1. The third-order valence-corrected chi connectivity index (χ3v) is 3.48. The Hall–Kier alpha value is -0.610. The predicted molar refractivity (Wildman–Crippen MR) is 81.2 cm³/mol. The summed E-state index contributed by atoms with van der Waals surface area (Å²) < 4.78 is 19.2. The van der Waals surface area contributed by atoms with Gasteiger partial charge in [0.15, 0.2) is 0 Å². The highest BCUT2D eigenvalue weighted by atomic mass is 79.9. The second kappa shape index (κ2) is 10.2. The van der Waals surface area contributed by atoms with Crippen LogP contribution in [0, 0.1) is 5.82 Å². The lowest BCUT2D eigenvalue weighted by atomic mass is 10.2. The molecule has 0 spiro atoms. The molecule has 0 amide bonds. The fourth-order valence-electron chi connectivity index (χ4n) is 1.76. The first-order chi connectivity index (χ1) is 9.24. The summed E-state index contributed by atoms with van der Waals surface area (Å²) in [5.74, 6) is 0.324. The van der Waals surface area contributed by atoms with Crippen molar-refractivity contribution < 1.29 is 9.13 Å². The minimum atomic E-state index is -0.278. The van der Waals surface area contributed by atoms with Gasteiger partial charge in [-0.3, -0.25) is 0 Å². The lowest BCUT2D eigenvalue weighted by molar-refractivity contribution is 0.303. The van der Waals surface area contributed by atoms with E-state index in [0.29, 0.717) is 16.8 Å². The molecule has 108 valence electrons. The van der Waals surface area contributed by atoms with Crippen LogP contribution in [0.3, 0.4) is 0 Å². The second-order valence-corrected chi connectivity index (χ2v) is 5.44. The van der Waals surface area contributed by atoms with Crippen molar-refractivity contribution in [2.24, 2.45) is 0 Å². The summed E-state index contributed by atoms with van der Waals surface area (Å²) in [5, 5.41) is 3.39. The summed E-state index contributed by atoms with van der Waals surface area (Å²) in [6, 6.07) is 4.87. The first-order valence-corrected chi connectivity index (χ1v) is 7.82. The van der Waals surface area contributed by atoms with Gasteiger partial charge in [-0.2, -0.15) is 0 Å². The van der Waals surface area contributed by atoms with Crippen LogP contribution in [-0.2, 0) is 0 Å². The van der Waals surface area contributed by atoms with E-state index in [1.165, 1.54) is 25.3 Å². The summed E-state index contributed by atoms with van der Waals surface area (Å²) in [5.41, 5.74) is 0. The van der Waals surface area contributed by atoms with Crippen molar-refractivity contribution in [3.05, 3.63) is 28.5 Å². The van der Waals surface area contributed by atoms with Crippen LogP contribution >= 0.6 is 15.9 Å². The molecule has 0 saturated carbocycles. The highest BCUT2D eigenvalue weighted by Gasteiger charge is 2.01. The van der Waals surface area contributed by atoms with Gasteiger partial charge in [-0.1, -0.05) is 19.8 Å². The van der Waals surface area contributed by atoms with E-state index in [9.17, 15) is 4.39 Å². The zero-order chi connectivity index (χ0) is 13.9. The molecule has 0 saturated heterocycles. The van der Waals surface area contributed by atoms with Crippen molar-refractivity contribution in [2.45, 2.75) is 39.0 Å². The Morgan fingerprint density at radius 3 is 2.68 bits per heavy atom. The number of hydrogen-bond donors (Lipinski definition) is 1. The Morgan fingerprint density at radius 2 is 1.95 bits per heavy atom. The Bertz CT molecular complexity index is 360. The maximum absolute atomic E-state index is 13.2. The fourth-order valence-corrected chi connectivity index (χ4v) is 2.01. The zero-order valence-corrected chi connectivity index (χ0v) is 13.1. The monoisotopic (exact) mass is 331 g/mol. The van der Waals surface area contributed by atoms with Gasteiger partial charge in [-0.25, -0.2) is 4.39 Å². The summed E-state index contributed by atoms with van der Waals surface area (Å²) >= 11 is 3.12. The number of rotatable bonds is 10.